The number of ether oxygens (including phenoxy) is 2. The van der Waals surface area contributed by atoms with Crippen molar-refractivity contribution in [2.24, 2.45) is 5.92 Å². The van der Waals surface area contributed by atoms with E-state index in [1.54, 1.807) is 13.2 Å². The first-order chi connectivity index (χ1) is 8.62. The van der Waals surface area contributed by atoms with E-state index in [4.69, 9.17) is 21.1 Å². The van der Waals surface area contributed by atoms with E-state index >= 15 is 0 Å². The summed E-state index contributed by atoms with van der Waals surface area (Å²) in [7, 11) is 1.58. The van der Waals surface area contributed by atoms with Crippen LogP contribution in [0.1, 0.15) is 31.2 Å². The first-order valence-corrected chi connectivity index (χ1v) is 6.73. The molecule has 0 amide bonds. The highest BCUT2D eigenvalue weighted by atomic mass is 35.5. The first kappa shape index (κ1) is 12.1. The van der Waals surface area contributed by atoms with Crippen LogP contribution >= 0.6 is 11.6 Å². The van der Waals surface area contributed by atoms with Crippen molar-refractivity contribution in [3.8, 4) is 11.5 Å². The zero-order valence-electron chi connectivity index (χ0n) is 10.4. The molecule has 1 N–H and O–H groups in total. The fourth-order valence-electron chi connectivity index (χ4n) is 2.04. The third-order valence-electron chi connectivity index (χ3n) is 3.65. The number of methoxy groups -OCH3 is 1. The maximum Gasteiger partial charge on any atom is 0.179 e. The Morgan fingerprint density at radius 3 is 2.67 bits per heavy atom. The molecule has 0 radical (unpaired) electrons. The van der Waals surface area contributed by atoms with Gasteiger partial charge in [-0.3, -0.25) is 0 Å². The SMILES string of the molecule is COc1c(Cl)cc(C2(O)CC2)cc1OCC1CC1. The van der Waals surface area contributed by atoms with Crippen LogP contribution < -0.4 is 9.47 Å². The first-order valence-electron chi connectivity index (χ1n) is 6.35. The Kier molecular flexibility index (Phi) is 2.91. The largest absolute Gasteiger partial charge is 0.491 e. The summed E-state index contributed by atoms with van der Waals surface area (Å²) in [6.07, 6.45) is 4.05. The van der Waals surface area contributed by atoms with Gasteiger partial charge >= 0.3 is 0 Å². The number of benzene rings is 1. The van der Waals surface area contributed by atoms with Crippen molar-refractivity contribution in [1.82, 2.24) is 0 Å². The summed E-state index contributed by atoms with van der Waals surface area (Å²) in [4.78, 5) is 0. The van der Waals surface area contributed by atoms with Crippen molar-refractivity contribution in [2.45, 2.75) is 31.3 Å². The molecule has 1 aromatic rings. The van der Waals surface area contributed by atoms with Gasteiger partial charge in [0.2, 0.25) is 0 Å². The van der Waals surface area contributed by atoms with E-state index in [2.05, 4.69) is 0 Å². The molecule has 18 heavy (non-hydrogen) atoms. The summed E-state index contributed by atoms with van der Waals surface area (Å²) < 4.78 is 11.1. The molecule has 2 fully saturated rings. The lowest BCUT2D eigenvalue weighted by atomic mass is 10.1. The minimum absolute atomic E-state index is 0.501. The molecule has 3 rings (SSSR count). The summed E-state index contributed by atoms with van der Waals surface area (Å²) in [6.45, 7) is 0.703. The van der Waals surface area contributed by atoms with Crippen LogP contribution in [0.4, 0.5) is 0 Å². The van der Waals surface area contributed by atoms with E-state index in [1.165, 1.54) is 12.8 Å². The van der Waals surface area contributed by atoms with Crippen molar-refractivity contribution in [3.05, 3.63) is 22.7 Å². The predicted octanol–water partition coefficient (Wildman–Crippen LogP) is 3.12. The smallest absolute Gasteiger partial charge is 0.179 e. The Bertz CT molecular complexity index is 464. The average molecular weight is 269 g/mol. The van der Waals surface area contributed by atoms with Crippen molar-refractivity contribution >= 4 is 11.6 Å². The highest BCUT2D eigenvalue weighted by Gasteiger charge is 2.43. The zero-order valence-corrected chi connectivity index (χ0v) is 11.2. The van der Waals surface area contributed by atoms with Gasteiger partial charge in [0, 0.05) is 0 Å². The number of hydrogen-bond acceptors (Lipinski definition) is 3. The van der Waals surface area contributed by atoms with Crippen LogP contribution in [-0.4, -0.2) is 18.8 Å². The molecule has 0 atom stereocenters. The summed E-state index contributed by atoms with van der Waals surface area (Å²) in [6, 6.07) is 3.64. The van der Waals surface area contributed by atoms with Gasteiger partial charge in [0.1, 0.15) is 0 Å². The van der Waals surface area contributed by atoms with Gasteiger partial charge in [0.25, 0.3) is 0 Å². The van der Waals surface area contributed by atoms with Crippen LogP contribution in [0, 0.1) is 5.92 Å². The molecule has 0 bridgehead atoms. The average Bonchev–Trinajstić information content (AvgIpc) is 3.23. The predicted molar refractivity (Wildman–Crippen MR) is 69.4 cm³/mol. The van der Waals surface area contributed by atoms with Crippen molar-refractivity contribution in [3.63, 3.8) is 0 Å². The second kappa shape index (κ2) is 4.32. The van der Waals surface area contributed by atoms with Gasteiger partial charge in [0.15, 0.2) is 11.5 Å². The molecule has 0 heterocycles. The van der Waals surface area contributed by atoms with E-state index in [-0.39, 0.29) is 0 Å². The van der Waals surface area contributed by atoms with E-state index in [0.29, 0.717) is 29.0 Å². The number of rotatable bonds is 5. The minimum Gasteiger partial charge on any atom is -0.491 e. The Morgan fingerprint density at radius 1 is 1.39 bits per heavy atom. The Morgan fingerprint density at radius 2 is 2.11 bits per heavy atom. The molecule has 2 aliphatic carbocycles. The molecule has 1 aromatic carbocycles. The number of aliphatic hydroxyl groups is 1. The molecule has 0 aromatic heterocycles. The Balaban J connectivity index is 1.89. The normalized spacial score (nSPS) is 20.6. The maximum atomic E-state index is 10.1. The van der Waals surface area contributed by atoms with Gasteiger partial charge in [-0.25, -0.2) is 0 Å². The molecule has 0 spiro atoms. The van der Waals surface area contributed by atoms with Crippen molar-refractivity contribution < 1.29 is 14.6 Å². The van der Waals surface area contributed by atoms with Crippen LogP contribution in [-0.2, 0) is 5.60 Å². The van der Waals surface area contributed by atoms with Crippen LogP contribution in [0.15, 0.2) is 12.1 Å². The Hall–Kier alpha value is -0.930. The van der Waals surface area contributed by atoms with Gasteiger partial charge in [-0.15, -0.1) is 0 Å². The zero-order chi connectivity index (χ0) is 12.8. The second-order valence-corrected chi connectivity index (χ2v) is 5.68. The quantitative estimate of drug-likeness (QED) is 0.892. The van der Waals surface area contributed by atoms with E-state index in [0.717, 1.165) is 18.4 Å². The standard InChI is InChI=1S/C14H17ClO3/c1-17-13-11(15)6-10(14(16)4-5-14)7-12(13)18-8-9-2-3-9/h6-7,9,16H,2-5,8H2,1H3. The molecule has 0 unspecified atom stereocenters. The third-order valence-corrected chi connectivity index (χ3v) is 3.93. The van der Waals surface area contributed by atoms with Crippen LogP contribution in [0.3, 0.4) is 0 Å². The minimum atomic E-state index is -0.701. The van der Waals surface area contributed by atoms with Gasteiger partial charge in [-0.2, -0.15) is 0 Å². The highest BCUT2D eigenvalue weighted by Crippen LogP contribution is 2.49. The molecule has 2 saturated carbocycles. The molecule has 2 aliphatic rings. The molecule has 0 aliphatic heterocycles. The lowest BCUT2D eigenvalue weighted by Crippen LogP contribution is -2.07. The second-order valence-electron chi connectivity index (χ2n) is 5.28. The molecular weight excluding hydrogens is 252 g/mol. The highest BCUT2D eigenvalue weighted by molar-refractivity contribution is 6.32. The van der Waals surface area contributed by atoms with Gasteiger partial charge < -0.3 is 14.6 Å². The molecule has 98 valence electrons. The van der Waals surface area contributed by atoms with E-state index in [1.807, 2.05) is 6.07 Å². The van der Waals surface area contributed by atoms with Gasteiger partial charge in [-0.1, -0.05) is 11.6 Å². The third kappa shape index (κ3) is 2.29. The Labute approximate surface area is 112 Å². The fraction of sp³-hybridized carbons (Fsp3) is 0.571. The molecule has 4 heteroatoms. The number of halogens is 1. The van der Waals surface area contributed by atoms with E-state index < -0.39 is 5.60 Å². The molecule has 0 saturated heterocycles. The fourth-order valence-corrected chi connectivity index (χ4v) is 2.33. The van der Waals surface area contributed by atoms with E-state index in [9.17, 15) is 5.11 Å². The molecular formula is C14H17ClO3. The molecule has 3 nitrogen and oxygen atoms in total. The lowest BCUT2D eigenvalue weighted by molar-refractivity contribution is 0.150. The van der Waals surface area contributed by atoms with Gasteiger partial charge in [0.05, 0.1) is 24.3 Å². The van der Waals surface area contributed by atoms with Crippen LogP contribution in [0.5, 0.6) is 11.5 Å². The summed E-state index contributed by atoms with van der Waals surface area (Å²) in [5, 5.41) is 10.6. The summed E-state index contributed by atoms with van der Waals surface area (Å²) in [5.41, 5.74) is 0.132. The maximum absolute atomic E-state index is 10.1. The summed E-state index contributed by atoms with van der Waals surface area (Å²) in [5.74, 6) is 1.87. The van der Waals surface area contributed by atoms with Crippen molar-refractivity contribution in [2.75, 3.05) is 13.7 Å². The van der Waals surface area contributed by atoms with Crippen LogP contribution in [0.2, 0.25) is 5.02 Å². The van der Waals surface area contributed by atoms with Crippen molar-refractivity contribution in [1.29, 1.82) is 0 Å². The number of hydrogen-bond donors (Lipinski definition) is 1. The van der Waals surface area contributed by atoms with Gasteiger partial charge in [-0.05, 0) is 49.3 Å². The topological polar surface area (TPSA) is 38.7 Å². The lowest BCUT2D eigenvalue weighted by Gasteiger charge is -2.16. The monoisotopic (exact) mass is 268 g/mol. The van der Waals surface area contributed by atoms with Crippen LogP contribution in [0.25, 0.3) is 0 Å². The summed E-state index contributed by atoms with van der Waals surface area (Å²) >= 11 is 6.18.